The van der Waals surface area contributed by atoms with Gasteiger partial charge in [-0.3, -0.25) is 9.59 Å². The molecule has 0 spiro atoms. The molecule has 0 bridgehead atoms. The van der Waals surface area contributed by atoms with E-state index >= 15 is 0 Å². The molecular weight excluding hydrogens is 524 g/mol. The molecule has 3 saturated carbocycles. The van der Waals surface area contributed by atoms with E-state index in [1.807, 2.05) is 17.1 Å². The first-order chi connectivity index (χ1) is 19.7. The Bertz CT molecular complexity index is 1260. The van der Waals surface area contributed by atoms with Crippen molar-refractivity contribution in [3.63, 3.8) is 0 Å². The molecule has 0 aromatic rings. The number of carbonyl (C=O) groups excluding carboxylic acids is 2. The Hall–Kier alpha value is -1.97. The smallest absolute Gasteiger partial charge is 0.222 e. The fraction of sp³-hybridized carbons (Fsp3) is 0.806. The number of ether oxygens (including phenoxy) is 1. The number of nitriles is 1. The predicted molar refractivity (Wildman–Crippen MR) is 162 cm³/mol. The fourth-order valence-electron chi connectivity index (χ4n) is 11.3. The summed E-state index contributed by atoms with van der Waals surface area (Å²) in [6.45, 7) is 16.5. The maximum atomic E-state index is 14.6. The minimum atomic E-state index is -0.736. The molecule has 9 atom stereocenters. The van der Waals surface area contributed by atoms with E-state index in [1.165, 1.54) is 5.57 Å². The summed E-state index contributed by atoms with van der Waals surface area (Å²) in [5.41, 5.74) is 1.10. The van der Waals surface area contributed by atoms with Gasteiger partial charge in [0.1, 0.15) is 0 Å². The maximum absolute atomic E-state index is 14.6. The first-order valence-electron chi connectivity index (χ1n) is 16.6. The van der Waals surface area contributed by atoms with Gasteiger partial charge in [0, 0.05) is 30.8 Å². The van der Waals surface area contributed by atoms with Gasteiger partial charge in [-0.25, -0.2) is 0 Å². The van der Waals surface area contributed by atoms with Crippen LogP contribution in [0.15, 0.2) is 23.3 Å². The van der Waals surface area contributed by atoms with Crippen LogP contribution >= 0.6 is 0 Å². The van der Waals surface area contributed by atoms with E-state index < -0.39 is 11.5 Å². The molecule has 6 heteroatoms. The van der Waals surface area contributed by atoms with Crippen LogP contribution in [0.3, 0.4) is 0 Å². The van der Waals surface area contributed by atoms with Crippen LogP contribution in [0.5, 0.6) is 0 Å². The third-order valence-electron chi connectivity index (χ3n) is 14.1. The number of nitrogens with zero attached hydrogens (tertiary/aromatic N) is 2. The SMILES string of the molecule is C[C@@H]1C(O)C(C#N)=C[C@]2(C)C3=CC(=O)C4C5CC(C)(C)CC[C@]5(CCC(=O)N5CCOCC5)CC[C@@]4(C)[C@]3(C)CC[C@@H]12. The van der Waals surface area contributed by atoms with Gasteiger partial charge in [-0.05, 0) is 96.9 Å². The summed E-state index contributed by atoms with van der Waals surface area (Å²) in [5, 5.41) is 20.8. The van der Waals surface area contributed by atoms with Crippen LogP contribution < -0.4 is 0 Å². The quantitative estimate of drug-likeness (QED) is 0.429. The van der Waals surface area contributed by atoms with Crippen LogP contribution in [0.4, 0.5) is 0 Å². The van der Waals surface area contributed by atoms with Gasteiger partial charge in [0.2, 0.25) is 5.91 Å². The molecule has 4 fully saturated rings. The molecule has 6 aliphatic rings. The minimum absolute atomic E-state index is 0.0251. The number of hydrogen-bond donors (Lipinski definition) is 1. The summed E-state index contributed by atoms with van der Waals surface area (Å²) in [6, 6.07) is 2.29. The first kappa shape index (κ1) is 30.1. The maximum Gasteiger partial charge on any atom is 0.222 e. The van der Waals surface area contributed by atoms with E-state index in [-0.39, 0.29) is 57.0 Å². The minimum Gasteiger partial charge on any atom is -0.387 e. The van der Waals surface area contributed by atoms with Gasteiger partial charge in [0.25, 0.3) is 0 Å². The van der Waals surface area contributed by atoms with Crippen molar-refractivity contribution >= 4 is 11.7 Å². The molecule has 1 heterocycles. The third-order valence-corrected chi connectivity index (χ3v) is 14.1. The summed E-state index contributed by atoms with van der Waals surface area (Å²) in [7, 11) is 0. The molecule has 42 heavy (non-hydrogen) atoms. The van der Waals surface area contributed by atoms with Crippen molar-refractivity contribution in [2.45, 2.75) is 105 Å². The second-order valence-electron chi connectivity index (χ2n) is 16.5. The molecule has 1 amide bonds. The highest BCUT2D eigenvalue weighted by Gasteiger charge is 2.68. The van der Waals surface area contributed by atoms with E-state index in [2.05, 4.69) is 47.6 Å². The number of aliphatic hydroxyl groups excluding tert-OH is 1. The number of aliphatic hydroxyl groups is 1. The Morgan fingerprint density at radius 1 is 1.07 bits per heavy atom. The lowest BCUT2D eigenvalue weighted by Crippen LogP contribution is -2.64. The topological polar surface area (TPSA) is 90.6 Å². The van der Waals surface area contributed by atoms with Crippen molar-refractivity contribution in [2.24, 2.45) is 50.7 Å². The summed E-state index contributed by atoms with van der Waals surface area (Å²) < 4.78 is 5.48. The van der Waals surface area contributed by atoms with Crippen molar-refractivity contribution in [3.05, 3.63) is 23.3 Å². The monoisotopic (exact) mass is 576 g/mol. The average molecular weight is 577 g/mol. The molecule has 5 aliphatic carbocycles. The third kappa shape index (κ3) is 4.23. The molecule has 0 radical (unpaired) electrons. The summed E-state index contributed by atoms with van der Waals surface area (Å²) in [4.78, 5) is 29.9. The van der Waals surface area contributed by atoms with Crippen LogP contribution in [-0.2, 0) is 14.3 Å². The van der Waals surface area contributed by atoms with E-state index in [1.54, 1.807) is 0 Å². The van der Waals surface area contributed by atoms with Crippen LogP contribution in [0.1, 0.15) is 99.3 Å². The lowest BCUT2D eigenvalue weighted by atomic mass is 9.34. The Labute approximate surface area is 252 Å². The normalized spacial score (nSPS) is 46.2. The zero-order valence-corrected chi connectivity index (χ0v) is 26.8. The Kier molecular flexibility index (Phi) is 7.18. The van der Waals surface area contributed by atoms with Gasteiger partial charge in [-0.2, -0.15) is 5.26 Å². The summed E-state index contributed by atoms with van der Waals surface area (Å²) in [5.74, 6) is 0.909. The molecule has 1 N–H and O–H groups in total. The van der Waals surface area contributed by atoms with Crippen molar-refractivity contribution in [3.8, 4) is 6.07 Å². The largest absolute Gasteiger partial charge is 0.387 e. The number of morpholine rings is 1. The van der Waals surface area contributed by atoms with Gasteiger partial charge in [-0.15, -0.1) is 0 Å². The molecule has 0 aromatic heterocycles. The average Bonchev–Trinajstić information content (AvgIpc) is 2.95. The molecular formula is C36H52N2O4. The van der Waals surface area contributed by atoms with Gasteiger partial charge >= 0.3 is 0 Å². The zero-order chi connectivity index (χ0) is 30.3. The van der Waals surface area contributed by atoms with E-state index in [0.29, 0.717) is 38.3 Å². The van der Waals surface area contributed by atoms with Crippen molar-refractivity contribution in [1.29, 1.82) is 5.26 Å². The van der Waals surface area contributed by atoms with Crippen molar-refractivity contribution in [1.82, 2.24) is 4.90 Å². The fourth-order valence-corrected chi connectivity index (χ4v) is 11.3. The molecule has 1 aliphatic heterocycles. The van der Waals surface area contributed by atoms with E-state index in [4.69, 9.17) is 4.74 Å². The molecule has 0 aromatic carbocycles. The highest BCUT2D eigenvalue weighted by atomic mass is 16.5. The Morgan fingerprint density at radius 2 is 1.76 bits per heavy atom. The number of amides is 1. The number of carbonyl (C=O) groups is 2. The number of hydrogen-bond acceptors (Lipinski definition) is 5. The summed E-state index contributed by atoms with van der Waals surface area (Å²) >= 11 is 0. The van der Waals surface area contributed by atoms with Crippen LogP contribution in [-0.4, -0.2) is 54.1 Å². The predicted octanol–water partition coefficient (Wildman–Crippen LogP) is 6.25. The van der Waals surface area contributed by atoms with Gasteiger partial charge < -0.3 is 14.7 Å². The zero-order valence-electron chi connectivity index (χ0n) is 26.8. The number of ketones is 1. The second-order valence-corrected chi connectivity index (χ2v) is 16.5. The van der Waals surface area contributed by atoms with Crippen LogP contribution in [0, 0.1) is 62.1 Å². The van der Waals surface area contributed by atoms with Crippen molar-refractivity contribution < 1.29 is 19.4 Å². The lowest BCUT2D eigenvalue weighted by Gasteiger charge is -2.69. The van der Waals surface area contributed by atoms with E-state index in [9.17, 15) is 20.0 Å². The van der Waals surface area contributed by atoms with Gasteiger partial charge in [0.15, 0.2) is 5.78 Å². The molecule has 6 rings (SSSR count). The summed E-state index contributed by atoms with van der Waals surface area (Å²) in [6.07, 6.45) is 12.1. The van der Waals surface area contributed by atoms with Gasteiger partial charge in [-0.1, -0.05) is 53.2 Å². The number of fused-ring (bicyclic) bond motifs is 7. The molecule has 6 nitrogen and oxygen atoms in total. The van der Waals surface area contributed by atoms with Crippen molar-refractivity contribution in [2.75, 3.05) is 26.3 Å². The highest BCUT2D eigenvalue weighted by molar-refractivity contribution is 5.95. The lowest BCUT2D eigenvalue weighted by molar-refractivity contribution is -0.172. The second kappa shape index (κ2) is 10.0. The Morgan fingerprint density at radius 3 is 2.45 bits per heavy atom. The number of rotatable bonds is 3. The highest BCUT2D eigenvalue weighted by Crippen LogP contribution is 2.74. The first-order valence-corrected chi connectivity index (χ1v) is 16.6. The number of allylic oxidation sites excluding steroid dienone is 3. The molecule has 230 valence electrons. The standard InChI is InChI=1S/C36H52N2O4/c1-23-25-7-9-34(5)28(33(25,4)20-24(22-37)31(23)41)19-27(39)30-26-21-32(2,3)11-13-36(26,14-12-35(30,34)6)10-8-29(40)38-15-17-42-18-16-38/h19-20,23,25-26,30-31,41H,7-18,21H2,1-6H3/t23-,25-,26?,30?,31?,33-,34+,35+,36+/m0/s1. The van der Waals surface area contributed by atoms with E-state index in [0.717, 1.165) is 51.4 Å². The molecule has 1 saturated heterocycles. The van der Waals surface area contributed by atoms with Gasteiger partial charge in [0.05, 0.1) is 31.0 Å². The van der Waals surface area contributed by atoms with Crippen LogP contribution in [0.2, 0.25) is 0 Å². The van der Waals surface area contributed by atoms with Crippen LogP contribution in [0.25, 0.3) is 0 Å². The molecule has 3 unspecified atom stereocenters. The Balaban J connectivity index is 1.38.